The topological polar surface area (TPSA) is 82.7 Å². The first kappa shape index (κ1) is 14.0. The van der Waals surface area contributed by atoms with Gasteiger partial charge in [0.2, 0.25) is 0 Å². The average Bonchev–Trinajstić information content (AvgIpc) is 2.98. The second-order valence-electron chi connectivity index (χ2n) is 4.53. The van der Waals surface area contributed by atoms with Crippen LogP contribution < -0.4 is 10.6 Å². The molecule has 1 unspecified atom stereocenters. The summed E-state index contributed by atoms with van der Waals surface area (Å²) in [6.45, 7) is 3.89. The van der Waals surface area contributed by atoms with Gasteiger partial charge in [-0.05, 0) is 19.4 Å². The van der Waals surface area contributed by atoms with Gasteiger partial charge in [0, 0.05) is 31.3 Å². The van der Waals surface area contributed by atoms with Gasteiger partial charge in [0.25, 0.3) is 5.91 Å². The van der Waals surface area contributed by atoms with Crippen molar-refractivity contribution >= 4 is 11.6 Å². The number of hydrogen-bond acceptors (Lipinski definition) is 4. The van der Waals surface area contributed by atoms with Crippen LogP contribution >= 0.6 is 0 Å². The molecule has 0 saturated carbocycles. The molecule has 3 N–H and O–H groups in total. The third-order valence-electron chi connectivity index (χ3n) is 3.12. The van der Waals surface area contributed by atoms with Crippen molar-refractivity contribution in [3.63, 3.8) is 0 Å². The van der Waals surface area contributed by atoms with E-state index in [1.807, 2.05) is 19.9 Å². The van der Waals surface area contributed by atoms with E-state index < -0.39 is 0 Å². The Balaban J connectivity index is 2.19. The second kappa shape index (κ2) is 6.18. The van der Waals surface area contributed by atoms with Gasteiger partial charge in [-0.1, -0.05) is 6.92 Å². The molecule has 1 amide bonds. The quantitative estimate of drug-likeness (QED) is 0.778. The molecule has 0 saturated heterocycles. The van der Waals surface area contributed by atoms with Gasteiger partial charge >= 0.3 is 0 Å². The Morgan fingerprint density at radius 3 is 2.85 bits per heavy atom. The summed E-state index contributed by atoms with van der Waals surface area (Å²) in [5.41, 5.74) is 2.16. The Hall–Kier alpha value is -2.37. The van der Waals surface area contributed by atoms with Gasteiger partial charge in [-0.25, -0.2) is 4.98 Å². The summed E-state index contributed by atoms with van der Waals surface area (Å²) >= 11 is 0. The van der Waals surface area contributed by atoms with E-state index in [-0.39, 0.29) is 11.9 Å². The van der Waals surface area contributed by atoms with Gasteiger partial charge in [0.1, 0.15) is 5.82 Å². The highest BCUT2D eigenvalue weighted by molar-refractivity contribution is 5.99. The second-order valence-corrected chi connectivity index (χ2v) is 4.53. The molecular weight excluding hydrogens is 254 g/mol. The number of anilines is 1. The number of imidazole rings is 1. The summed E-state index contributed by atoms with van der Waals surface area (Å²) in [6.07, 6.45) is 5.77. The fraction of sp³-hybridized carbons (Fsp3) is 0.357. The first-order valence-electron chi connectivity index (χ1n) is 6.60. The highest BCUT2D eigenvalue weighted by Crippen LogP contribution is 2.18. The number of nitrogens with zero attached hydrogens (tertiary/aromatic N) is 2. The van der Waals surface area contributed by atoms with Crippen molar-refractivity contribution in [2.75, 3.05) is 12.4 Å². The third kappa shape index (κ3) is 2.96. The maximum absolute atomic E-state index is 12.4. The van der Waals surface area contributed by atoms with Crippen LogP contribution in [-0.2, 0) is 0 Å². The van der Waals surface area contributed by atoms with Crippen molar-refractivity contribution in [1.82, 2.24) is 20.3 Å². The maximum atomic E-state index is 12.4. The van der Waals surface area contributed by atoms with Gasteiger partial charge in [0.05, 0.1) is 17.3 Å². The molecule has 0 spiro atoms. The first-order chi connectivity index (χ1) is 9.65. The summed E-state index contributed by atoms with van der Waals surface area (Å²) in [7, 11) is 1.79. The van der Waals surface area contributed by atoms with Gasteiger partial charge in [-0.15, -0.1) is 0 Å². The number of H-pyrrole nitrogens is 1. The van der Waals surface area contributed by atoms with Gasteiger partial charge < -0.3 is 15.6 Å². The molecule has 6 nitrogen and oxygen atoms in total. The van der Waals surface area contributed by atoms with Crippen LogP contribution in [0.5, 0.6) is 0 Å². The predicted molar refractivity (Wildman–Crippen MR) is 77.6 cm³/mol. The molecule has 0 radical (unpaired) electrons. The summed E-state index contributed by atoms with van der Waals surface area (Å²) in [6, 6.07) is 1.71. The first-order valence-corrected chi connectivity index (χ1v) is 6.60. The van der Waals surface area contributed by atoms with Crippen LogP contribution in [0.15, 0.2) is 24.7 Å². The number of nitrogens with one attached hydrogen (secondary N) is 3. The fourth-order valence-electron chi connectivity index (χ4n) is 2.02. The molecule has 20 heavy (non-hydrogen) atoms. The zero-order valence-corrected chi connectivity index (χ0v) is 11.9. The van der Waals surface area contributed by atoms with Crippen molar-refractivity contribution in [1.29, 1.82) is 0 Å². The number of carbonyl (C=O) groups is 1. The van der Waals surface area contributed by atoms with E-state index >= 15 is 0 Å². The molecule has 0 aliphatic heterocycles. The van der Waals surface area contributed by atoms with E-state index in [0.29, 0.717) is 5.56 Å². The van der Waals surface area contributed by atoms with E-state index in [0.717, 1.165) is 23.6 Å². The monoisotopic (exact) mass is 273 g/mol. The van der Waals surface area contributed by atoms with Crippen LogP contribution in [0.4, 0.5) is 5.69 Å². The van der Waals surface area contributed by atoms with Crippen LogP contribution in [0.2, 0.25) is 0 Å². The highest BCUT2D eigenvalue weighted by atomic mass is 16.1. The number of aryl methyl sites for hydroxylation is 1. The standard InChI is InChI=1S/C14H19N5O/c1-4-11(13-16-5-6-17-13)19-14(20)10-8-18-9(2)7-12(10)15-3/h5-8,11H,4H2,1-3H3,(H,15,18)(H,16,17)(H,19,20). The van der Waals surface area contributed by atoms with E-state index in [1.54, 1.807) is 25.6 Å². The highest BCUT2D eigenvalue weighted by Gasteiger charge is 2.18. The van der Waals surface area contributed by atoms with Crippen molar-refractivity contribution in [3.8, 4) is 0 Å². The number of aromatic nitrogens is 3. The lowest BCUT2D eigenvalue weighted by molar-refractivity contribution is 0.0934. The molecule has 106 valence electrons. The lowest BCUT2D eigenvalue weighted by atomic mass is 10.1. The molecule has 2 aromatic rings. The smallest absolute Gasteiger partial charge is 0.255 e. The lowest BCUT2D eigenvalue weighted by Crippen LogP contribution is -2.29. The minimum absolute atomic E-state index is 0.136. The molecular formula is C14H19N5O. The molecule has 2 heterocycles. The molecule has 6 heteroatoms. The van der Waals surface area contributed by atoms with Crippen molar-refractivity contribution in [2.45, 2.75) is 26.3 Å². The summed E-state index contributed by atoms with van der Waals surface area (Å²) < 4.78 is 0. The minimum atomic E-state index is -0.162. The molecule has 0 aliphatic rings. The maximum Gasteiger partial charge on any atom is 0.255 e. The van der Waals surface area contributed by atoms with Crippen molar-refractivity contribution in [2.24, 2.45) is 0 Å². The molecule has 0 aliphatic carbocycles. The molecule has 2 rings (SSSR count). The lowest BCUT2D eigenvalue weighted by Gasteiger charge is -2.16. The molecule has 1 atom stereocenters. The largest absolute Gasteiger partial charge is 0.387 e. The Morgan fingerprint density at radius 1 is 1.45 bits per heavy atom. The number of amides is 1. The van der Waals surface area contributed by atoms with Crippen LogP contribution in [-0.4, -0.2) is 27.9 Å². The minimum Gasteiger partial charge on any atom is -0.387 e. The van der Waals surface area contributed by atoms with E-state index in [4.69, 9.17) is 0 Å². The number of rotatable bonds is 5. The van der Waals surface area contributed by atoms with Crippen LogP contribution in [0.25, 0.3) is 0 Å². The number of aromatic amines is 1. The van der Waals surface area contributed by atoms with Crippen LogP contribution in [0.3, 0.4) is 0 Å². The zero-order valence-electron chi connectivity index (χ0n) is 11.9. The molecule has 0 aromatic carbocycles. The van der Waals surface area contributed by atoms with E-state index in [9.17, 15) is 4.79 Å². The summed E-state index contributed by atoms with van der Waals surface area (Å²) in [4.78, 5) is 23.8. The molecule has 2 aromatic heterocycles. The SMILES string of the molecule is CCC(NC(=O)c1cnc(C)cc1NC)c1ncc[nH]1. The Bertz CT molecular complexity index is 579. The number of hydrogen-bond donors (Lipinski definition) is 3. The fourth-order valence-corrected chi connectivity index (χ4v) is 2.02. The van der Waals surface area contributed by atoms with Crippen LogP contribution in [0, 0.1) is 6.92 Å². The Morgan fingerprint density at radius 2 is 2.25 bits per heavy atom. The van der Waals surface area contributed by atoms with Crippen molar-refractivity contribution < 1.29 is 4.79 Å². The third-order valence-corrected chi connectivity index (χ3v) is 3.12. The molecule has 0 fully saturated rings. The predicted octanol–water partition coefficient (Wildman–Crippen LogP) is 2.04. The summed E-state index contributed by atoms with van der Waals surface area (Å²) in [5.74, 6) is 0.594. The number of pyridine rings is 1. The van der Waals surface area contributed by atoms with E-state index in [1.165, 1.54) is 0 Å². The Labute approximate surface area is 118 Å². The normalized spacial score (nSPS) is 11.9. The zero-order chi connectivity index (χ0) is 14.5. The average molecular weight is 273 g/mol. The molecule has 0 bridgehead atoms. The van der Waals surface area contributed by atoms with Gasteiger partial charge in [-0.3, -0.25) is 9.78 Å². The van der Waals surface area contributed by atoms with Crippen molar-refractivity contribution in [3.05, 3.63) is 41.7 Å². The summed E-state index contributed by atoms with van der Waals surface area (Å²) in [5, 5.41) is 5.99. The Kier molecular flexibility index (Phi) is 4.34. The van der Waals surface area contributed by atoms with Gasteiger partial charge in [0.15, 0.2) is 0 Å². The van der Waals surface area contributed by atoms with E-state index in [2.05, 4.69) is 25.6 Å². The van der Waals surface area contributed by atoms with Crippen LogP contribution in [0.1, 0.15) is 41.3 Å². The van der Waals surface area contributed by atoms with Gasteiger partial charge in [-0.2, -0.15) is 0 Å². The number of carbonyl (C=O) groups excluding carboxylic acids is 1.